The summed E-state index contributed by atoms with van der Waals surface area (Å²) in [6.45, 7) is 3.47. The molecule has 0 saturated heterocycles. The molecule has 2 rings (SSSR count). The molecule has 1 unspecified atom stereocenters. The van der Waals surface area contributed by atoms with Crippen LogP contribution in [0.1, 0.15) is 12.5 Å². The van der Waals surface area contributed by atoms with Crippen molar-refractivity contribution in [2.45, 2.75) is 24.8 Å². The SMILES string of the molecule is Cc1ccc(Cl)cc1NC(=O)C(C)Oc1ccc(S(C)(=O)=O)cc1. The summed E-state index contributed by atoms with van der Waals surface area (Å²) in [5.74, 6) is 0.0837. The molecule has 0 aliphatic carbocycles. The molecule has 1 amide bonds. The van der Waals surface area contributed by atoms with Gasteiger partial charge in [0.25, 0.3) is 5.91 Å². The van der Waals surface area contributed by atoms with Crippen molar-refractivity contribution >= 4 is 33.0 Å². The molecule has 0 radical (unpaired) electrons. The quantitative estimate of drug-likeness (QED) is 0.878. The fourth-order valence-electron chi connectivity index (χ4n) is 1.99. The van der Waals surface area contributed by atoms with Crippen LogP contribution in [-0.2, 0) is 14.6 Å². The third kappa shape index (κ3) is 4.72. The van der Waals surface area contributed by atoms with Crippen molar-refractivity contribution in [3.05, 3.63) is 53.1 Å². The summed E-state index contributed by atoms with van der Waals surface area (Å²) in [6, 6.07) is 11.1. The summed E-state index contributed by atoms with van der Waals surface area (Å²) in [7, 11) is -3.26. The maximum absolute atomic E-state index is 12.2. The average Bonchev–Trinajstić information content (AvgIpc) is 2.50. The molecule has 2 aromatic rings. The Morgan fingerprint density at radius 1 is 1.17 bits per heavy atom. The number of aryl methyl sites for hydroxylation is 1. The maximum Gasteiger partial charge on any atom is 0.265 e. The van der Waals surface area contributed by atoms with Crippen LogP contribution in [0.5, 0.6) is 5.75 Å². The van der Waals surface area contributed by atoms with Gasteiger partial charge in [0.1, 0.15) is 5.75 Å². The van der Waals surface area contributed by atoms with E-state index in [1.54, 1.807) is 19.1 Å². The van der Waals surface area contributed by atoms with Gasteiger partial charge in [-0.25, -0.2) is 8.42 Å². The van der Waals surface area contributed by atoms with Crippen LogP contribution in [0.4, 0.5) is 5.69 Å². The van der Waals surface area contributed by atoms with Gasteiger partial charge >= 0.3 is 0 Å². The summed E-state index contributed by atoms with van der Waals surface area (Å²) in [4.78, 5) is 12.4. The second-order valence-corrected chi connectivity index (χ2v) is 7.90. The molecule has 0 aliphatic rings. The Hall–Kier alpha value is -2.05. The van der Waals surface area contributed by atoms with Crippen LogP contribution in [0.2, 0.25) is 5.02 Å². The Balaban J connectivity index is 2.05. The molecular weight excluding hydrogens is 350 g/mol. The zero-order valence-electron chi connectivity index (χ0n) is 13.5. The van der Waals surface area contributed by atoms with Crippen LogP contribution in [0, 0.1) is 6.92 Å². The van der Waals surface area contributed by atoms with Crippen LogP contribution < -0.4 is 10.1 Å². The van der Waals surface area contributed by atoms with Crippen molar-refractivity contribution in [3.8, 4) is 5.75 Å². The molecule has 5 nitrogen and oxygen atoms in total. The first-order valence-electron chi connectivity index (χ1n) is 7.20. The summed E-state index contributed by atoms with van der Waals surface area (Å²) in [5.41, 5.74) is 1.51. The number of ether oxygens (including phenoxy) is 1. The number of rotatable bonds is 5. The van der Waals surface area contributed by atoms with Gasteiger partial charge in [0, 0.05) is 17.0 Å². The van der Waals surface area contributed by atoms with Crippen LogP contribution in [0.15, 0.2) is 47.4 Å². The summed E-state index contributed by atoms with van der Waals surface area (Å²) < 4.78 is 28.4. The minimum absolute atomic E-state index is 0.196. The van der Waals surface area contributed by atoms with Crippen LogP contribution in [0.25, 0.3) is 0 Å². The van der Waals surface area contributed by atoms with E-state index in [1.165, 1.54) is 24.3 Å². The highest BCUT2D eigenvalue weighted by atomic mass is 35.5. The van der Waals surface area contributed by atoms with E-state index in [4.69, 9.17) is 16.3 Å². The van der Waals surface area contributed by atoms with Crippen LogP contribution >= 0.6 is 11.6 Å². The third-order valence-electron chi connectivity index (χ3n) is 3.39. The molecule has 24 heavy (non-hydrogen) atoms. The zero-order valence-corrected chi connectivity index (χ0v) is 15.1. The average molecular weight is 368 g/mol. The normalized spacial score (nSPS) is 12.5. The zero-order chi connectivity index (χ0) is 17.9. The van der Waals surface area contributed by atoms with Gasteiger partial charge in [-0.2, -0.15) is 0 Å². The molecule has 0 saturated carbocycles. The topological polar surface area (TPSA) is 72.5 Å². The lowest BCUT2D eigenvalue weighted by atomic mass is 10.2. The summed E-state index contributed by atoms with van der Waals surface area (Å²) in [5, 5.41) is 3.29. The summed E-state index contributed by atoms with van der Waals surface area (Å²) >= 11 is 5.93. The number of halogens is 1. The minimum Gasteiger partial charge on any atom is -0.481 e. The molecule has 1 N–H and O–H groups in total. The van der Waals surface area contributed by atoms with E-state index in [0.29, 0.717) is 16.5 Å². The molecule has 7 heteroatoms. The molecule has 0 aliphatic heterocycles. The second kappa shape index (κ2) is 7.23. The van der Waals surface area contributed by atoms with Crippen LogP contribution in [0.3, 0.4) is 0 Å². The third-order valence-corrected chi connectivity index (χ3v) is 4.76. The van der Waals surface area contributed by atoms with Gasteiger partial charge < -0.3 is 10.1 Å². The lowest BCUT2D eigenvalue weighted by molar-refractivity contribution is -0.122. The van der Waals surface area contributed by atoms with Gasteiger partial charge in [-0.3, -0.25) is 4.79 Å². The standard InChI is InChI=1S/C17H18ClNO4S/c1-11-4-5-13(18)10-16(11)19-17(20)12(2)23-14-6-8-15(9-7-14)24(3,21)22/h4-10,12H,1-3H3,(H,19,20). The highest BCUT2D eigenvalue weighted by molar-refractivity contribution is 7.90. The Morgan fingerprint density at radius 2 is 1.79 bits per heavy atom. The Morgan fingerprint density at radius 3 is 2.38 bits per heavy atom. The van der Waals surface area contributed by atoms with Crippen LogP contribution in [-0.4, -0.2) is 26.7 Å². The predicted molar refractivity (Wildman–Crippen MR) is 94.5 cm³/mol. The van der Waals surface area contributed by atoms with Gasteiger partial charge in [-0.15, -0.1) is 0 Å². The lowest BCUT2D eigenvalue weighted by Gasteiger charge is -2.16. The fraction of sp³-hybridized carbons (Fsp3) is 0.235. The predicted octanol–water partition coefficient (Wildman–Crippen LogP) is 3.46. The van der Waals surface area contributed by atoms with Gasteiger partial charge in [0.2, 0.25) is 0 Å². The minimum atomic E-state index is -3.26. The van der Waals surface area contributed by atoms with E-state index in [-0.39, 0.29) is 10.8 Å². The Bertz CT molecular complexity index is 847. The number of amides is 1. The number of nitrogens with one attached hydrogen (secondary N) is 1. The molecule has 0 aromatic heterocycles. The largest absolute Gasteiger partial charge is 0.481 e. The Labute approximate surface area is 146 Å². The smallest absolute Gasteiger partial charge is 0.265 e. The van der Waals surface area contributed by atoms with Gasteiger partial charge in [0.05, 0.1) is 4.90 Å². The van der Waals surface area contributed by atoms with E-state index in [0.717, 1.165) is 11.8 Å². The first-order valence-corrected chi connectivity index (χ1v) is 9.47. The van der Waals surface area contributed by atoms with Gasteiger partial charge in [0.15, 0.2) is 15.9 Å². The molecular formula is C17H18ClNO4S. The molecule has 1 atom stereocenters. The Kier molecular flexibility index (Phi) is 5.51. The highest BCUT2D eigenvalue weighted by Crippen LogP contribution is 2.21. The first kappa shape index (κ1) is 18.3. The lowest BCUT2D eigenvalue weighted by Crippen LogP contribution is -2.30. The number of sulfone groups is 1. The molecule has 0 heterocycles. The van der Waals surface area contributed by atoms with Gasteiger partial charge in [-0.1, -0.05) is 17.7 Å². The first-order chi connectivity index (χ1) is 11.2. The molecule has 0 bridgehead atoms. The molecule has 128 valence electrons. The number of carbonyl (C=O) groups is 1. The number of hydrogen-bond acceptors (Lipinski definition) is 4. The van der Waals surface area contributed by atoms with Crippen molar-refractivity contribution in [2.75, 3.05) is 11.6 Å². The van der Waals surface area contributed by atoms with Crippen molar-refractivity contribution < 1.29 is 17.9 Å². The monoisotopic (exact) mass is 367 g/mol. The highest BCUT2D eigenvalue weighted by Gasteiger charge is 2.16. The van der Waals surface area contributed by atoms with Crippen molar-refractivity contribution in [1.29, 1.82) is 0 Å². The van der Waals surface area contributed by atoms with E-state index < -0.39 is 15.9 Å². The second-order valence-electron chi connectivity index (χ2n) is 5.45. The molecule has 0 fully saturated rings. The number of hydrogen-bond donors (Lipinski definition) is 1. The molecule has 0 spiro atoms. The van der Waals surface area contributed by atoms with Crippen molar-refractivity contribution in [1.82, 2.24) is 0 Å². The van der Waals surface area contributed by atoms with E-state index >= 15 is 0 Å². The molecule has 2 aromatic carbocycles. The maximum atomic E-state index is 12.2. The number of benzene rings is 2. The fourth-order valence-corrected chi connectivity index (χ4v) is 2.79. The van der Waals surface area contributed by atoms with Crippen molar-refractivity contribution in [3.63, 3.8) is 0 Å². The summed E-state index contributed by atoms with van der Waals surface area (Å²) in [6.07, 6.45) is 0.374. The van der Waals surface area contributed by atoms with Gasteiger partial charge in [-0.05, 0) is 55.8 Å². The van der Waals surface area contributed by atoms with E-state index in [1.807, 2.05) is 13.0 Å². The number of anilines is 1. The number of carbonyl (C=O) groups excluding carboxylic acids is 1. The van der Waals surface area contributed by atoms with E-state index in [2.05, 4.69) is 5.32 Å². The van der Waals surface area contributed by atoms with E-state index in [9.17, 15) is 13.2 Å². The van der Waals surface area contributed by atoms with Crippen molar-refractivity contribution in [2.24, 2.45) is 0 Å².